The molecule has 0 amide bonds. The lowest BCUT2D eigenvalue weighted by atomic mass is 9.86. The number of hydrogen-bond acceptors (Lipinski definition) is 4. The van der Waals surface area contributed by atoms with E-state index in [2.05, 4.69) is 21.9 Å². The molecule has 2 aromatic rings. The first-order chi connectivity index (χ1) is 14.0. The largest absolute Gasteiger partial charge is 0.416 e. The van der Waals surface area contributed by atoms with Gasteiger partial charge in [-0.15, -0.1) is 0 Å². The summed E-state index contributed by atoms with van der Waals surface area (Å²) >= 11 is 1.56. The Balaban J connectivity index is 1.54. The molecule has 4 rings (SSSR count). The van der Waals surface area contributed by atoms with Gasteiger partial charge in [0.15, 0.2) is 0 Å². The van der Waals surface area contributed by atoms with E-state index in [1.165, 1.54) is 12.1 Å². The van der Waals surface area contributed by atoms with Crippen molar-refractivity contribution in [2.75, 3.05) is 45.9 Å². The van der Waals surface area contributed by atoms with Crippen LogP contribution in [0.5, 0.6) is 0 Å². The van der Waals surface area contributed by atoms with Crippen molar-refractivity contribution in [3.63, 3.8) is 0 Å². The van der Waals surface area contributed by atoms with E-state index in [1.807, 2.05) is 12.1 Å². The van der Waals surface area contributed by atoms with Crippen LogP contribution < -0.4 is 0 Å². The summed E-state index contributed by atoms with van der Waals surface area (Å²) in [6, 6.07) is 12.2. The molecule has 1 fully saturated rings. The molecule has 2 aliphatic rings. The van der Waals surface area contributed by atoms with Gasteiger partial charge >= 0.3 is 6.18 Å². The Morgan fingerprint density at radius 1 is 0.897 bits per heavy atom. The van der Waals surface area contributed by atoms with E-state index >= 15 is 0 Å². The zero-order valence-electron chi connectivity index (χ0n) is 16.2. The van der Waals surface area contributed by atoms with Gasteiger partial charge in [0, 0.05) is 48.4 Å². The molecule has 29 heavy (non-hydrogen) atoms. The minimum atomic E-state index is -4.33. The number of rotatable bonds is 5. The zero-order valence-corrected chi connectivity index (χ0v) is 17.0. The predicted molar refractivity (Wildman–Crippen MR) is 108 cm³/mol. The lowest BCUT2D eigenvalue weighted by Crippen LogP contribution is -2.47. The first kappa shape index (κ1) is 20.7. The van der Waals surface area contributed by atoms with Crippen molar-refractivity contribution in [2.24, 2.45) is 0 Å². The van der Waals surface area contributed by atoms with Crippen molar-refractivity contribution >= 4 is 11.8 Å². The van der Waals surface area contributed by atoms with E-state index in [0.717, 1.165) is 60.1 Å². The Hall–Kier alpha value is -1.54. The third-order valence-corrected chi connectivity index (χ3v) is 7.03. The fourth-order valence-electron chi connectivity index (χ4n) is 4.24. The van der Waals surface area contributed by atoms with E-state index in [-0.39, 0.29) is 12.5 Å². The van der Waals surface area contributed by atoms with Crippen LogP contribution in [0, 0.1) is 0 Å². The molecule has 0 bridgehead atoms. The Labute approximate surface area is 173 Å². The standard InChI is InChI=1S/C22H25F3N2OS/c23-22(24,25)16-5-6-21-19(15-16)17(18-3-1-2-4-20(18)29-21)7-8-26-9-11-27(12-10-26)13-14-28/h1-6,15,17,28H,7-14H2. The van der Waals surface area contributed by atoms with E-state index in [4.69, 9.17) is 5.11 Å². The molecule has 1 unspecified atom stereocenters. The number of nitrogens with zero attached hydrogens (tertiary/aromatic N) is 2. The van der Waals surface area contributed by atoms with Crippen LogP contribution in [-0.2, 0) is 6.18 Å². The normalized spacial score (nSPS) is 20.3. The quantitative estimate of drug-likeness (QED) is 0.777. The monoisotopic (exact) mass is 422 g/mol. The van der Waals surface area contributed by atoms with Crippen LogP contribution in [0.2, 0.25) is 0 Å². The van der Waals surface area contributed by atoms with Gasteiger partial charge in [0.1, 0.15) is 0 Å². The smallest absolute Gasteiger partial charge is 0.395 e. The van der Waals surface area contributed by atoms with Gasteiger partial charge in [-0.3, -0.25) is 4.90 Å². The highest BCUT2D eigenvalue weighted by Gasteiger charge is 2.34. The van der Waals surface area contributed by atoms with Crippen LogP contribution in [0.1, 0.15) is 29.0 Å². The summed E-state index contributed by atoms with van der Waals surface area (Å²) in [6.45, 7) is 5.44. The maximum absolute atomic E-state index is 13.3. The molecular weight excluding hydrogens is 397 g/mol. The second-order valence-electron chi connectivity index (χ2n) is 7.64. The first-order valence-corrected chi connectivity index (χ1v) is 10.8. The number of aliphatic hydroxyl groups excluding tert-OH is 1. The molecule has 156 valence electrons. The molecule has 0 aromatic heterocycles. The average Bonchev–Trinajstić information content (AvgIpc) is 2.71. The molecule has 0 spiro atoms. The Bertz CT molecular complexity index is 850. The number of β-amino-alcohol motifs (C(OH)–C–C–N with tert-alkyl or cyclic N) is 1. The summed E-state index contributed by atoms with van der Waals surface area (Å²) < 4.78 is 40.0. The SMILES string of the molecule is OCCN1CCN(CCC2c3ccccc3Sc3ccc(C(F)(F)F)cc32)CC1. The third-order valence-electron chi connectivity index (χ3n) is 5.84. The summed E-state index contributed by atoms with van der Waals surface area (Å²) in [5, 5.41) is 9.09. The van der Waals surface area contributed by atoms with E-state index < -0.39 is 11.7 Å². The van der Waals surface area contributed by atoms with Crippen molar-refractivity contribution in [1.82, 2.24) is 9.80 Å². The molecule has 1 N–H and O–H groups in total. The first-order valence-electron chi connectivity index (χ1n) is 9.99. The van der Waals surface area contributed by atoms with Crippen molar-refractivity contribution in [3.8, 4) is 0 Å². The molecule has 1 atom stereocenters. The van der Waals surface area contributed by atoms with Crippen LogP contribution >= 0.6 is 11.8 Å². The Morgan fingerprint density at radius 2 is 1.55 bits per heavy atom. The van der Waals surface area contributed by atoms with Gasteiger partial charge in [0.2, 0.25) is 0 Å². The molecule has 2 heterocycles. The number of aliphatic hydroxyl groups is 1. The highest BCUT2D eigenvalue weighted by atomic mass is 32.2. The number of alkyl halides is 3. The minimum absolute atomic E-state index is 0.0276. The molecule has 0 saturated carbocycles. The lowest BCUT2D eigenvalue weighted by molar-refractivity contribution is -0.137. The Kier molecular flexibility index (Phi) is 6.20. The summed E-state index contributed by atoms with van der Waals surface area (Å²) in [5.74, 6) is -0.0276. The third kappa shape index (κ3) is 4.63. The van der Waals surface area contributed by atoms with Crippen molar-refractivity contribution in [2.45, 2.75) is 28.3 Å². The van der Waals surface area contributed by atoms with Crippen molar-refractivity contribution in [3.05, 3.63) is 59.2 Å². The van der Waals surface area contributed by atoms with E-state index in [0.29, 0.717) is 6.54 Å². The molecule has 7 heteroatoms. The molecule has 0 radical (unpaired) electrons. The topological polar surface area (TPSA) is 26.7 Å². The zero-order chi connectivity index (χ0) is 20.4. The van der Waals surface area contributed by atoms with Crippen molar-refractivity contribution < 1.29 is 18.3 Å². The highest BCUT2D eigenvalue weighted by molar-refractivity contribution is 7.99. The Morgan fingerprint density at radius 3 is 2.24 bits per heavy atom. The fourth-order valence-corrected chi connectivity index (χ4v) is 5.40. The van der Waals surface area contributed by atoms with E-state index in [9.17, 15) is 13.2 Å². The minimum Gasteiger partial charge on any atom is -0.395 e. The second kappa shape index (κ2) is 8.68. The summed E-state index contributed by atoms with van der Waals surface area (Å²) in [7, 11) is 0. The molecular formula is C22H25F3N2OS. The van der Waals surface area contributed by atoms with Crippen LogP contribution in [-0.4, -0.2) is 60.8 Å². The van der Waals surface area contributed by atoms with Gasteiger partial charge in [-0.1, -0.05) is 30.0 Å². The molecule has 1 saturated heterocycles. The number of fused-ring (bicyclic) bond motifs is 2. The molecule has 2 aliphatic heterocycles. The maximum atomic E-state index is 13.3. The number of halogens is 3. The van der Waals surface area contributed by atoms with Gasteiger partial charge in [-0.25, -0.2) is 0 Å². The second-order valence-corrected chi connectivity index (χ2v) is 8.72. The summed E-state index contributed by atoms with van der Waals surface area (Å²) in [4.78, 5) is 6.69. The van der Waals surface area contributed by atoms with Gasteiger partial charge in [0.25, 0.3) is 0 Å². The molecule has 3 nitrogen and oxygen atoms in total. The van der Waals surface area contributed by atoms with Crippen LogP contribution in [0.4, 0.5) is 13.2 Å². The average molecular weight is 423 g/mol. The molecule has 2 aromatic carbocycles. The fraction of sp³-hybridized carbons (Fsp3) is 0.455. The van der Waals surface area contributed by atoms with Gasteiger partial charge < -0.3 is 10.0 Å². The number of piperazine rings is 1. The predicted octanol–water partition coefficient (Wildman–Crippen LogP) is 4.30. The maximum Gasteiger partial charge on any atom is 0.416 e. The van der Waals surface area contributed by atoms with Gasteiger partial charge in [0.05, 0.1) is 12.2 Å². The number of hydrogen-bond donors (Lipinski definition) is 1. The summed E-state index contributed by atoms with van der Waals surface area (Å²) in [6.07, 6.45) is -3.53. The van der Waals surface area contributed by atoms with Crippen LogP contribution in [0.15, 0.2) is 52.3 Å². The van der Waals surface area contributed by atoms with Crippen LogP contribution in [0.25, 0.3) is 0 Å². The highest BCUT2D eigenvalue weighted by Crippen LogP contribution is 2.48. The van der Waals surface area contributed by atoms with Crippen molar-refractivity contribution in [1.29, 1.82) is 0 Å². The molecule has 0 aliphatic carbocycles. The van der Waals surface area contributed by atoms with Crippen LogP contribution in [0.3, 0.4) is 0 Å². The number of benzene rings is 2. The van der Waals surface area contributed by atoms with E-state index in [1.54, 1.807) is 17.8 Å². The van der Waals surface area contributed by atoms with Gasteiger partial charge in [-0.2, -0.15) is 13.2 Å². The van der Waals surface area contributed by atoms with Gasteiger partial charge in [-0.05, 0) is 48.4 Å². The summed E-state index contributed by atoms with van der Waals surface area (Å²) in [5.41, 5.74) is 1.35. The lowest BCUT2D eigenvalue weighted by Gasteiger charge is -2.36.